The van der Waals surface area contributed by atoms with E-state index in [-0.39, 0.29) is 6.01 Å². The molecule has 0 saturated carbocycles. The second-order valence-electron chi connectivity index (χ2n) is 9.03. The van der Waals surface area contributed by atoms with Gasteiger partial charge >= 0.3 is 6.01 Å². The van der Waals surface area contributed by atoms with Crippen LogP contribution in [0.3, 0.4) is 0 Å². The summed E-state index contributed by atoms with van der Waals surface area (Å²) in [7, 11) is 3.25. The molecule has 1 aliphatic heterocycles. The quantitative estimate of drug-likeness (QED) is 0.282. The molecule has 5 aromatic rings. The molecule has 1 saturated heterocycles. The van der Waals surface area contributed by atoms with Gasteiger partial charge in [-0.1, -0.05) is 30.3 Å². The maximum atomic E-state index is 6.04. The topological polar surface area (TPSA) is 104 Å². The number of furan rings is 1. The number of nitrogens with one attached hydrogen (secondary N) is 1. The molecule has 1 fully saturated rings. The van der Waals surface area contributed by atoms with Crippen LogP contribution in [0.2, 0.25) is 0 Å². The summed E-state index contributed by atoms with van der Waals surface area (Å²) in [6.45, 7) is 2.95. The first-order valence-electron chi connectivity index (χ1n) is 12.8. The van der Waals surface area contributed by atoms with Crippen LogP contribution >= 0.6 is 0 Å². The van der Waals surface area contributed by atoms with E-state index >= 15 is 0 Å². The maximum absolute atomic E-state index is 6.04. The van der Waals surface area contributed by atoms with Gasteiger partial charge in [0.05, 0.1) is 34.0 Å². The van der Waals surface area contributed by atoms with Crippen LogP contribution in [0.15, 0.2) is 65.1 Å². The molecule has 10 heteroatoms. The molecule has 0 atom stereocenters. The fraction of sp³-hybridized carbons (Fsp3) is 0.276. The molecule has 0 spiro atoms. The first-order valence-corrected chi connectivity index (χ1v) is 12.8. The number of anilines is 3. The minimum absolute atomic E-state index is 0.237. The molecule has 1 N–H and O–H groups in total. The van der Waals surface area contributed by atoms with Crippen LogP contribution < -0.4 is 24.4 Å². The van der Waals surface area contributed by atoms with E-state index in [2.05, 4.69) is 31.2 Å². The lowest BCUT2D eigenvalue weighted by Crippen LogP contribution is -2.37. The zero-order valence-electron chi connectivity index (χ0n) is 21.8. The normalized spacial score (nSPS) is 13.5. The Labute approximate surface area is 225 Å². The van der Waals surface area contributed by atoms with Crippen molar-refractivity contribution in [3.63, 3.8) is 0 Å². The minimum atomic E-state index is 0.237. The number of benzene rings is 3. The molecule has 0 bridgehead atoms. The Bertz CT molecular complexity index is 1600. The van der Waals surface area contributed by atoms with Crippen molar-refractivity contribution in [2.75, 3.05) is 57.3 Å². The van der Waals surface area contributed by atoms with Crippen molar-refractivity contribution in [3.05, 3.63) is 66.2 Å². The van der Waals surface area contributed by atoms with E-state index < -0.39 is 0 Å². The molecular weight excluding hydrogens is 498 g/mol. The fourth-order valence-corrected chi connectivity index (χ4v) is 4.71. The number of aromatic nitrogens is 3. The summed E-state index contributed by atoms with van der Waals surface area (Å²) in [4.78, 5) is 15.9. The molecule has 39 heavy (non-hydrogen) atoms. The third-order valence-corrected chi connectivity index (χ3v) is 6.62. The number of rotatable bonds is 9. The smallest absolute Gasteiger partial charge is 0.323 e. The molecule has 0 unspecified atom stereocenters. The van der Waals surface area contributed by atoms with Gasteiger partial charge in [0, 0.05) is 47.6 Å². The standard InChI is InChI=1S/C29H29N5O5/c1-35-24-9-5-6-19(26(24)36-2)12-15-38-29-32-27(31-28(33-29)34-13-16-37-17-14-34)30-20-10-11-22-21-7-3-4-8-23(21)39-25(22)18-20/h3-11,18H,12-17H2,1-2H3,(H,30,31,32,33). The molecule has 3 aromatic carbocycles. The van der Waals surface area contributed by atoms with E-state index in [4.69, 9.17) is 23.4 Å². The minimum Gasteiger partial charge on any atom is -0.493 e. The Kier molecular flexibility index (Phi) is 7.01. The molecule has 10 nitrogen and oxygen atoms in total. The van der Waals surface area contributed by atoms with Gasteiger partial charge in [-0.3, -0.25) is 0 Å². The molecule has 3 heterocycles. The van der Waals surface area contributed by atoms with Crippen molar-refractivity contribution in [2.24, 2.45) is 0 Å². The van der Waals surface area contributed by atoms with Gasteiger partial charge in [0.1, 0.15) is 11.2 Å². The van der Waals surface area contributed by atoms with Gasteiger partial charge in [-0.05, 0) is 24.3 Å². The van der Waals surface area contributed by atoms with E-state index in [1.165, 1.54) is 0 Å². The highest BCUT2D eigenvalue weighted by Crippen LogP contribution is 2.32. The Morgan fingerprint density at radius 2 is 1.72 bits per heavy atom. The van der Waals surface area contributed by atoms with Crippen molar-refractivity contribution >= 4 is 39.5 Å². The highest BCUT2D eigenvalue weighted by atomic mass is 16.5. The summed E-state index contributed by atoms with van der Waals surface area (Å²) in [5.41, 5.74) is 3.40. The third-order valence-electron chi connectivity index (χ3n) is 6.62. The fourth-order valence-electron chi connectivity index (χ4n) is 4.71. The predicted octanol–water partition coefficient (Wildman–Crippen LogP) is 4.99. The number of para-hydroxylation sites is 2. The number of methoxy groups -OCH3 is 2. The van der Waals surface area contributed by atoms with Crippen LogP contribution in [-0.2, 0) is 11.2 Å². The summed E-state index contributed by atoms with van der Waals surface area (Å²) >= 11 is 0. The van der Waals surface area contributed by atoms with Crippen molar-refractivity contribution in [2.45, 2.75) is 6.42 Å². The molecule has 0 aliphatic carbocycles. The van der Waals surface area contributed by atoms with Crippen molar-refractivity contribution in [1.29, 1.82) is 0 Å². The van der Waals surface area contributed by atoms with Gasteiger partial charge in [0.2, 0.25) is 11.9 Å². The largest absolute Gasteiger partial charge is 0.493 e. The lowest BCUT2D eigenvalue weighted by atomic mass is 10.1. The second-order valence-corrected chi connectivity index (χ2v) is 9.03. The van der Waals surface area contributed by atoms with Crippen LogP contribution in [0.4, 0.5) is 17.6 Å². The Morgan fingerprint density at radius 3 is 2.56 bits per heavy atom. The average molecular weight is 528 g/mol. The highest BCUT2D eigenvalue weighted by Gasteiger charge is 2.18. The first-order chi connectivity index (χ1) is 19.2. The third kappa shape index (κ3) is 5.23. The van der Waals surface area contributed by atoms with Gasteiger partial charge in [0.25, 0.3) is 0 Å². The number of hydrogen-bond acceptors (Lipinski definition) is 10. The van der Waals surface area contributed by atoms with Crippen LogP contribution in [0, 0.1) is 0 Å². The van der Waals surface area contributed by atoms with Crippen molar-refractivity contribution < 1.29 is 23.4 Å². The van der Waals surface area contributed by atoms with E-state index in [1.807, 2.05) is 54.6 Å². The Hall–Kier alpha value is -4.57. The molecule has 6 rings (SSSR count). The lowest BCUT2D eigenvalue weighted by molar-refractivity contribution is 0.122. The van der Waals surface area contributed by atoms with Gasteiger partial charge < -0.3 is 33.6 Å². The zero-order chi connectivity index (χ0) is 26.6. The number of hydrogen-bond donors (Lipinski definition) is 1. The molecular formula is C29H29N5O5. The lowest BCUT2D eigenvalue weighted by Gasteiger charge is -2.27. The van der Waals surface area contributed by atoms with Gasteiger partial charge in [-0.25, -0.2) is 0 Å². The number of morpholine rings is 1. The van der Waals surface area contributed by atoms with Crippen molar-refractivity contribution in [3.8, 4) is 17.5 Å². The van der Waals surface area contributed by atoms with E-state index in [0.29, 0.717) is 62.7 Å². The van der Waals surface area contributed by atoms with Crippen LogP contribution in [-0.4, -0.2) is 62.1 Å². The summed E-state index contributed by atoms with van der Waals surface area (Å²) in [6, 6.07) is 20.0. The summed E-state index contributed by atoms with van der Waals surface area (Å²) in [5.74, 6) is 2.29. The van der Waals surface area contributed by atoms with E-state index in [9.17, 15) is 0 Å². The average Bonchev–Trinajstić information content (AvgIpc) is 3.35. The Balaban J connectivity index is 1.25. The highest BCUT2D eigenvalue weighted by molar-refractivity contribution is 6.05. The van der Waals surface area contributed by atoms with Gasteiger partial charge in [0.15, 0.2) is 11.5 Å². The number of fused-ring (bicyclic) bond motifs is 3. The molecule has 2 aromatic heterocycles. The SMILES string of the molecule is COc1cccc(CCOc2nc(Nc3ccc4c(c3)oc3ccccc34)nc(N3CCOCC3)n2)c1OC. The number of ether oxygens (including phenoxy) is 4. The number of nitrogens with zero attached hydrogens (tertiary/aromatic N) is 4. The molecule has 1 aliphatic rings. The van der Waals surface area contributed by atoms with E-state index in [0.717, 1.165) is 33.2 Å². The van der Waals surface area contributed by atoms with Crippen LogP contribution in [0.1, 0.15) is 5.56 Å². The summed E-state index contributed by atoms with van der Waals surface area (Å²) in [6.07, 6.45) is 0.588. The molecule has 200 valence electrons. The van der Waals surface area contributed by atoms with Crippen molar-refractivity contribution in [1.82, 2.24) is 15.0 Å². The zero-order valence-corrected chi connectivity index (χ0v) is 21.8. The second kappa shape index (κ2) is 11.0. The molecule has 0 radical (unpaired) electrons. The van der Waals surface area contributed by atoms with Gasteiger partial charge in [-0.15, -0.1) is 0 Å². The predicted molar refractivity (Wildman–Crippen MR) is 149 cm³/mol. The van der Waals surface area contributed by atoms with Gasteiger partial charge in [-0.2, -0.15) is 15.0 Å². The molecule has 0 amide bonds. The van der Waals surface area contributed by atoms with Crippen LogP contribution in [0.25, 0.3) is 21.9 Å². The summed E-state index contributed by atoms with van der Waals surface area (Å²) in [5, 5.41) is 5.44. The maximum Gasteiger partial charge on any atom is 0.323 e. The van der Waals surface area contributed by atoms with Crippen LogP contribution in [0.5, 0.6) is 17.5 Å². The van der Waals surface area contributed by atoms with E-state index in [1.54, 1.807) is 14.2 Å². The first kappa shape index (κ1) is 24.7. The monoisotopic (exact) mass is 527 g/mol. The summed E-state index contributed by atoms with van der Waals surface area (Å²) < 4.78 is 28.5. The Morgan fingerprint density at radius 1 is 0.872 bits per heavy atom.